The quantitative estimate of drug-likeness (QED) is 0.795. The monoisotopic (exact) mass is 267 g/mol. The fourth-order valence-electron chi connectivity index (χ4n) is 3.10. The third kappa shape index (κ3) is 3.75. The van der Waals surface area contributed by atoms with Crippen molar-refractivity contribution in [1.29, 1.82) is 0 Å². The second-order valence-electron chi connectivity index (χ2n) is 5.48. The van der Waals surface area contributed by atoms with Crippen LogP contribution in [0.5, 0.6) is 0 Å². The van der Waals surface area contributed by atoms with Gasteiger partial charge >= 0.3 is 0 Å². The minimum atomic E-state index is -0.749. The molecule has 1 N–H and O–H groups in total. The van der Waals surface area contributed by atoms with Crippen LogP contribution in [0, 0.1) is 17.6 Å². The van der Waals surface area contributed by atoms with Gasteiger partial charge in [0.05, 0.1) is 0 Å². The minimum absolute atomic E-state index is 0.0682. The maximum Gasteiger partial charge on any atom is 0.163 e. The Kier molecular flexibility index (Phi) is 5.32. The first-order valence-electron chi connectivity index (χ1n) is 7.39. The van der Waals surface area contributed by atoms with Crippen LogP contribution in [0.15, 0.2) is 18.2 Å². The van der Waals surface area contributed by atoms with E-state index in [0.717, 1.165) is 25.3 Å². The third-order valence-corrected chi connectivity index (χ3v) is 4.15. The van der Waals surface area contributed by atoms with E-state index in [0.29, 0.717) is 5.56 Å². The molecule has 0 aromatic heterocycles. The number of benzene rings is 1. The molecule has 106 valence electrons. The van der Waals surface area contributed by atoms with Gasteiger partial charge in [-0.25, -0.2) is 8.78 Å². The first kappa shape index (κ1) is 14.4. The summed E-state index contributed by atoms with van der Waals surface area (Å²) in [6.07, 6.45) is 7.23. The van der Waals surface area contributed by atoms with Crippen LogP contribution in [0.3, 0.4) is 0 Å². The van der Waals surface area contributed by atoms with Gasteiger partial charge in [-0.3, -0.25) is 0 Å². The highest BCUT2D eigenvalue weighted by atomic mass is 19.2. The van der Waals surface area contributed by atoms with Crippen LogP contribution in [0.1, 0.15) is 57.1 Å². The van der Waals surface area contributed by atoms with Gasteiger partial charge in [-0.1, -0.05) is 44.7 Å². The molecule has 1 aliphatic rings. The summed E-state index contributed by atoms with van der Waals surface area (Å²) in [5.74, 6) is -0.668. The molecule has 3 heteroatoms. The Bertz CT molecular complexity index is 400. The van der Waals surface area contributed by atoms with Crippen LogP contribution in [-0.2, 0) is 0 Å². The molecule has 0 amide bonds. The summed E-state index contributed by atoms with van der Waals surface area (Å²) in [5, 5.41) is 3.28. The predicted octanol–water partition coefficient (Wildman–Crippen LogP) is 4.59. The Hall–Kier alpha value is -0.960. The van der Waals surface area contributed by atoms with Crippen molar-refractivity contribution in [3.63, 3.8) is 0 Å². The maximum atomic E-state index is 13.9. The summed E-state index contributed by atoms with van der Waals surface area (Å²) in [4.78, 5) is 0. The molecule has 2 rings (SSSR count). The van der Waals surface area contributed by atoms with E-state index in [1.165, 1.54) is 31.7 Å². The Morgan fingerprint density at radius 3 is 2.68 bits per heavy atom. The molecule has 19 heavy (non-hydrogen) atoms. The van der Waals surface area contributed by atoms with E-state index < -0.39 is 11.6 Å². The van der Waals surface area contributed by atoms with E-state index in [9.17, 15) is 8.78 Å². The van der Waals surface area contributed by atoms with Gasteiger partial charge in [0.25, 0.3) is 0 Å². The molecule has 1 saturated carbocycles. The molecular formula is C16H23F2N. The minimum Gasteiger partial charge on any atom is -0.310 e. The zero-order valence-corrected chi connectivity index (χ0v) is 11.6. The summed E-state index contributed by atoms with van der Waals surface area (Å²) < 4.78 is 27.2. The van der Waals surface area contributed by atoms with Crippen molar-refractivity contribution in [3.8, 4) is 0 Å². The van der Waals surface area contributed by atoms with Gasteiger partial charge in [0, 0.05) is 11.6 Å². The fraction of sp³-hybridized carbons (Fsp3) is 0.625. The normalized spacial score (nSPS) is 17.8. The molecule has 1 fully saturated rings. The van der Waals surface area contributed by atoms with Gasteiger partial charge in [-0.2, -0.15) is 0 Å². The molecule has 1 atom stereocenters. The second kappa shape index (κ2) is 6.99. The topological polar surface area (TPSA) is 12.0 Å². The molecule has 0 saturated heterocycles. The van der Waals surface area contributed by atoms with Crippen molar-refractivity contribution in [2.45, 2.75) is 51.5 Å². The number of hydrogen-bond acceptors (Lipinski definition) is 1. The second-order valence-corrected chi connectivity index (χ2v) is 5.48. The highest BCUT2D eigenvalue weighted by molar-refractivity contribution is 5.22. The lowest BCUT2D eigenvalue weighted by atomic mass is 9.94. The number of halogens is 2. The summed E-state index contributed by atoms with van der Waals surface area (Å²) >= 11 is 0. The summed E-state index contributed by atoms with van der Waals surface area (Å²) in [5.41, 5.74) is 0.472. The predicted molar refractivity (Wildman–Crippen MR) is 74.0 cm³/mol. The van der Waals surface area contributed by atoms with Crippen molar-refractivity contribution in [1.82, 2.24) is 5.32 Å². The Labute approximate surface area is 114 Å². The van der Waals surface area contributed by atoms with Crippen LogP contribution in [0.2, 0.25) is 0 Å². The van der Waals surface area contributed by atoms with Crippen LogP contribution in [0.25, 0.3) is 0 Å². The van der Waals surface area contributed by atoms with Crippen molar-refractivity contribution in [2.24, 2.45) is 5.92 Å². The zero-order chi connectivity index (χ0) is 13.7. The lowest BCUT2D eigenvalue weighted by Crippen LogP contribution is -2.23. The first-order chi connectivity index (χ1) is 9.22. The van der Waals surface area contributed by atoms with E-state index in [4.69, 9.17) is 0 Å². The highest BCUT2D eigenvalue weighted by Crippen LogP contribution is 2.32. The van der Waals surface area contributed by atoms with E-state index in [1.807, 2.05) is 6.92 Å². The molecule has 1 unspecified atom stereocenters. The molecule has 0 bridgehead atoms. The zero-order valence-electron chi connectivity index (χ0n) is 11.6. The molecule has 1 nitrogen and oxygen atoms in total. The Morgan fingerprint density at radius 2 is 2.00 bits per heavy atom. The fourth-order valence-corrected chi connectivity index (χ4v) is 3.10. The number of rotatable bonds is 6. The van der Waals surface area contributed by atoms with Crippen LogP contribution < -0.4 is 5.32 Å². The van der Waals surface area contributed by atoms with Crippen molar-refractivity contribution >= 4 is 0 Å². The Balaban J connectivity index is 2.03. The summed E-state index contributed by atoms with van der Waals surface area (Å²) in [7, 11) is 0. The molecular weight excluding hydrogens is 244 g/mol. The van der Waals surface area contributed by atoms with Gasteiger partial charge in [0.2, 0.25) is 0 Å². The SMILES string of the molecule is CCNC(CCC1CCCC1)c1cccc(F)c1F. The maximum absolute atomic E-state index is 13.9. The lowest BCUT2D eigenvalue weighted by molar-refractivity contribution is 0.400. The average molecular weight is 267 g/mol. The average Bonchev–Trinajstić information content (AvgIpc) is 2.91. The van der Waals surface area contributed by atoms with Gasteiger partial charge in [-0.05, 0) is 31.4 Å². The summed E-state index contributed by atoms with van der Waals surface area (Å²) in [6.45, 7) is 2.77. The standard InChI is InChI=1S/C16H23F2N/c1-2-19-15(11-10-12-6-3-4-7-12)13-8-5-9-14(17)16(13)18/h5,8-9,12,15,19H,2-4,6-7,10-11H2,1H3. The van der Waals surface area contributed by atoms with E-state index in [2.05, 4.69) is 5.32 Å². The van der Waals surface area contributed by atoms with Gasteiger partial charge in [0.1, 0.15) is 0 Å². The summed E-state index contributed by atoms with van der Waals surface area (Å²) in [6, 6.07) is 4.40. The van der Waals surface area contributed by atoms with Gasteiger partial charge in [-0.15, -0.1) is 0 Å². The highest BCUT2D eigenvalue weighted by Gasteiger charge is 2.20. The molecule has 0 aliphatic heterocycles. The van der Waals surface area contributed by atoms with Crippen molar-refractivity contribution < 1.29 is 8.78 Å². The van der Waals surface area contributed by atoms with Crippen LogP contribution in [-0.4, -0.2) is 6.54 Å². The van der Waals surface area contributed by atoms with Crippen LogP contribution >= 0.6 is 0 Å². The van der Waals surface area contributed by atoms with E-state index in [1.54, 1.807) is 12.1 Å². The molecule has 1 aromatic carbocycles. The van der Waals surface area contributed by atoms with Crippen LogP contribution in [0.4, 0.5) is 8.78 Å². The lowest BCUT2D eigenvalue weighted by Gasteiger charge is -2.21. The third-order valence-electron chi connectivity index (χ3n) is 4.15. The van der Waals surface area contributed by atoms with Gasteiger partial charge < -0.3 is 5.32 Å². The smallest absolute Gasteiger partial charge is 0.163 e. The van der Waals surface area contributed by atoms with Crippen molar-refractivity contribution in [3.05, 3.63) is 35.4 Å². The molecule has 1 aromatic rings. The van der Waals surface area contributed by atoms with Gasteiger partial charge in [0.15, 0.2) is 11.6 Å². The molecule has 0 heterocycles. The van der Waals surface area contributed by atoms with E-state index in [-0.39, 0.29) is 6.04 Å². The molecule has 1 aliphatic carbocycles. The molecule has 0 radical (unpaired) electrons. The number of nitrogens with one attached hydrogen (secondary N) is 1. The first-order valence-corrected chi connectivity index (χ1v) is 7.39. The Morgan fingerprint density at radius 1 is 1.26 bits per heavy atom. The number of hydrogen-bond donors (Lipinski definition) is 1. The van der Waals surface area contributed by atoms with E-state index >= 15 is 0 Å². The molecule has 0 spiro atoms. The largest absolute Gasteiger partial charge is 0.310 e. The van der Waals surface area contributed by atoms with Crippen molar-refractivity contribution in [2.75, 3.05) is 6.54 Å².